The van der Waals surface area contributed by atoms with E-state index < -0.39 is 5.91 Å². The monoisotopic (exact) mass is 325 g/mol. The van der Waals surface area contributed by atoms with Crippen LogP contribution >= 0.6 is 11.3 Å². The Morgan fingerprint density at radius 3 is 2.78 bits per heavy atom. The molecule has 1 amide bonds. The molecule has 1 saturated carbocycles. The van der Waals surface area contributed by atoms with Gasteiger partial charge in [-0.05, 0) is 43.2 Å². The highest BCUT2D eigenvalue weighted by atomic mass is 32.1. The Kier molecular flexibility index (Phi) is 4.40. The number of carbonyl (C=O) groups is 1. The van der Waals surface area contributed by atoms with E-state index in [9.17, 15) is 10.1 Å². The minimum Gasteiger partial charge on any atom is -0.497 e. The van der Waals surface area contributed by atoms with Crippen molar-refractivity contribution in [3.05, 3.63) is 45.9 Å². The van der Waals surface area contributed by atoms with Gasteiger partial charge in [-0.3, -0.25) is 4.79 Å². The first-order chi connectivity index (χ1) is 11.2. The quantitative estimate of drug-likeness (QED) is 0.673. The molecule has 0 bridgehead atoms. The van der Waals surface area contributed by atoms with E-state index in [4.69, 9.17) is 4.74 Å². The lowest BCUT2D eigenvalue weighted by atomic mass is 10.2. The normalized spacial score (nSPS) is 14.2. The maximum Gasteiger partial charge on any atom is 0.266 e. The van der Waals surface area contributed by atoms with Crippen molar-refractivity contribution in [2.45, 2.75) is 18.8 Å². The van der Waals surface area contributed by atoms with Crippen LogP contribution in [-0.2, 0) is 4.79 Å². The molecule has 3 rings (SSSR count). The number of methoxy groups -OCH3 is 1. The van der Waals surface area contributed by atoms with Crippen molar-refractivity contribution in [3.63, 3.8) is 0 Å². The summed E-state index contributed by atoms with van der Waals surface area (Å²) in [4.78, 5) is 16.7. The molecule has 0 aliphatic heterocycles. The van der Waals surface area contributed by atoms with Crippen molar-refractivity contribution >= 4 is 29.0 Å². The van der Waals surface area contributed by atoms with Crippen molar-refractivity contribution < 1.29 is 9.53 Å². The summed E-state index contributed by atoms with van der Waals surface area (Å²) in [5, 5.41) is 14.9. The molecular weight excluding hydrogens is 310 g/mol. The van der Waals surface area contributed by atoms with Gasteiger partial charge in [0.2, 0.25) is 0 Å². The fourth-order valence-corrected chi connectivity index (χ4v) is 3.00. The summed E-state index contributed by atoms with van der Waals surface area (Å²) >= 11 is 1.58. The number of nitrogens with zero attached hydrogens (tertiary/aromatic N) is 2. The van der Waals surface area contributed by atoms with Crippen LogP contribution < -0.4 is 10.1 Å². The topological polar surface area (TPSA) is 75.0 Å². The highest BCUT2D eigenvalue weighted by Gasteiger charge is 2.26. The largest absolute Gasteiger partial charge is 0.497 e. The third kappa shape index (κ3) is 3.76. The number of anilines is 1. The predicted molar refractivity (Wildman–Crippen MR) is 89.3 cm³/mol. The molecule has 5 nitrogen and oxygen atoms in total. The van der Waals surface area contributed by atoms with E-state index in [-0.39, 0.29) is 5.57 Å². The van der Waals surface area contributed by atoms with Gasteiger partial charge in [-0.2, -0.15) is 5.26 Å². The predicted octanol–water partition coefficient (Wildman–Crippen LogP) is 3.57. The molecule has 1 heterocycles. The Balaban J connectivity index is 1.71. The third-order valence-corrected chi connectivity index (χ3v) is 4.50. The fourth-order valence-electron chi connectivity index (χ4n) is 2.05. The highest BCUT2D eigenvalue weighted by Crippen LogP contribution is 2.41. The Morgan fingerprint density at radius 1 is 1.43 bits per heavy atom. The van der Waals surface area contributed by atoms with Crippen LogP contribution in [0.3, 0.4) is 0 Å². The minimum absolute atomic E-state index is 0.0356. The molecule has 1 aliphatic carbocycles. The standard InChI is InChI=1S/C17H15N3O2S/c1-22-15-6-4-13(5-7-15)19-16(21)12(9-18)8-14-10-23-17(20-14)11-2-3-11/h4-8,10-11H,2-3H2,1H3,(H,19,21)/b12-8-. The number of rotatable bonds is 5. The summed E-state index contributed by atoms with van der Waals surface area (Å²) in [7, 11) is 1.58. The molecule has 0 unspecified atom stereocenters. The van der Waals surface area contributed by atoms with Gasteiger partial charge in [-0.25, -0.2) is 4.98 Å². The van der Waals surface area contributed by atoms with Gasteiger partial charge in [-0.15, -0.1) is 11.3 Å². The van der Waals surface area contributed by atoms with Gasteiger partial charge in [0.05, 0.1) is 17.8 Å². The zero-order valence-electron chi connectivity index (χ0n) is 12.6. The van der Waals surface area contributed by atoms with E-state index in [1.807, 2.05) is 11.4 Å². The molecule has 6 heteroatoms. The zero-order chi connectivity index (χ0) is 16.2. The summed E-state index contributed by atoms with van der Waals surface area (Å²) < 4.78 is 5.06. The van der Waals surface area contributed by atoms with Crippen molar-refractivity contribution in [3.8, 4) is 11.8 Å². The molecule has 1 aromatic heterocycles. The van der Waals surface area contributed by atoms with Gasteiger partial charge in [-0.1, -0.05) is 0 Å². The van der Waals surface area contributed by atoms with Crippen molar-refractivity contribution in [1.82, 2.24) is 4.98 Å². The molecule has 0 atom stereocenters. The van der Waals surface area contributed by atoms with Crippen molar-refractivity contribution in [2.24, 2.45) is 0 Å². The summed E-state index contributed by atoms with van der Waals surface area (Å²) in [5.41, 5.74) is 1.31. The molecule has 1 aromatic carbocycles. The summed E-state index contributed by atoms with van der Waals surface area (Å²) in [6.07, 6.45) is 3.89. The van der Waals surface area contributed by atoms with Crippen LogP contribution in [0.5, 0.6) is 5.75 Å². The van der Waals surface area contributed by atoms with Crippen LogP contribution in [0, 0.1) is 11.3 Å². The number of nitriles is 1. The molecule has 0 radical (unpaired) electrons. The number of thiazole rings is 1. The smallest absolute Gasteiger partial charge is 0.266 e. The number of aromatic nitrogens is 1. The zero-order valence-corrected chi connectivity index (χ0v) is 13.4. The van der Waals surface area contributed by atoms with Crippen LogP contribution in [0.2, 0.25) is 0 Å². The summed E-state index contributed by atoms with van der Waals surface area (Å²) in [6, 6.07) is 8.87. The number of benzene rings is 1. The lowest BCUT2D eigenvalue weighted by Gasteiger charge is -2.05. The molecule has 2 aromatic rings. The molecular formula is C17H15N3O2S. The van der Waals surface area contributed by atoms with E-state index in [1.165, 1.54) is 18.9 Å². The Labute approximate surface area is 138 Å². The van der Waals surface area contributed by atoms with Crippen LogP contribution in [0.4, 0.5) is 5.69 Å². The third-order valence-electron chi connectivity index (χ3n) is 3.47. The Bertz CT molecular complexity index is 783. The second-order valence-electron chi connectivity index (χ2n) is 5.24. The second-order valence-corrected chi connectivity index (χ2v) is 6.13. The van der Waals surface area contributed by atoms with Gasteiger partial charge >= 0.3 is 0 Å². The SMILES string of the molecule is COc1ccc(NC(=O)/C(C#N)=C\c2csc(C3CC3)n2)cc1. The number of hydrogen-bond acceptors (Lipinski definition) is 5. The number of carbonyl (C=O) groups excluding carboxylic acids is 1. The molecule has 1 aliphatic rings. The lowest BCUT2D eigenvalue weighted by Crippen LogP contribution is -2.13. The molecule has 1 N–H and O–H groups in total. The van der Waals surface area contributed by atoms with Crippen LogP contribution in [0.25, 0.3) is 6.08 Å². The van der Waals surface area contributed by atoms with Crippen LogP contribution in [-0.4, -0.2) is 18.0 Å². The molecule has 0 saturated heterocycles. The van der Waals surface area contributed by atoms with Gasteiger partial charge in [0.25, 0.3) is 5.91 Å². The maximum absolute atomic E-state index is 12.2. The first kappa shape index (κ1) is 15.3. The maximum atomic E-state index is 12.2. The lowest BCUT2D eigenvalue weighted by molar-refractivity contribution is -0.112. The Hall–Kier alpha value is -2.65. The van der Waals surface area contributed by atoms with Gasteiger partial charge in [0.15, 0.2) is 0 Å². The molecule has 0 spiro atoms. The highest BCUT2D eigenvalue weighted by molar-refractivity contribution is 7.09. The first-order valence-corrected chi connectivity index (χ1v) is 8.10. The van der Waals surface area contributed by atoms with Crippen molar-refractivity contribution in [2.75, 3.05) is 12.4 Å². The first-order valence-electron chi connectivity index (χ1n) is 7.22. The average molecular weight is 325 g/mol. The van der Waals surface area contributed by atoms with Crippen LogP contribution in [0.15, 0.2) is 35.2 Å². The number of amides is 1. The van der Waals surface area contributed by atoms with E-state index >= 15 is 0 Å². The van der Waals surface area contributed by atoms with E-state index in [0.717, 1.165) is 5.01 Å². The van der Waals surface area contributed by atoms with E-state index in [0.29, 0.717) is 23.0 Å². The van der Waals surface area contributed by atoms with E-state index in [1.54, 1.807) is 42.7 Å². The summed E-state index contributed by atoms with van der Waals surface area (Å²) in [6.45, 7) is 0. The number of hydrogen-bond donors (Lipinski definition) is 1. The molecule has 23 heavy (non-hydrogen) atoms. The van der Waals surface area contributed by atoms with Crippen LogP contribution in [0.1, 0.15) is 29.5 Å². The number of ether oxygens (including phenoxy) is 1. The molecule has 116 valence electrons. The van der Waals surface area contributed by atoms with Gasteiger partial charge in [0, 0.05) is 17.0 Å². The Morgan fingerprint density at radius 2 is 2.17 bits per heavy atom. The van der Waals surface area contributed by atoms with Gasteiger partial charge < -0.3 is 10.1 Å². The average Bonchev–Trinajstić information content (AvgIpc) is 3.32. The summed E-state index contributed by atoms with van der Waals surface area (Å²) in [5.74, 6) is 0.827. The molecule has 1 fully saturated rings. The van der Waals surface area contributed by atoms with E-state index in [2.05, 4.69) is 10.3 Å². The fraction of sp³-hybridized carbons (Fsp3) is 0.235. The van der Waals surface area contributed by atoms with Gasteiger partial charge in [0.1, 0.15) is 17.4 Å². The number of nitrogens with one attached hydrogen (secondary N) is 1. The second kappa shape index (κ2) is 6.63. The van der Waals surface area contributed by atoms with Crippen molar-refractivity contribution in [1.29, 1.82) is 5.26 Å². The minimum atomic E-state index is -0.446.